The molecule has 1 aliphatic rings. The minimum atomic E-state index is -3.44. The smallest absolute Gasteiger partial charge is 0.218 e. The number of nitrogens with zero attached hydrogens (tertiary/aromatic N) is 3. The van der Waals surface area contributed by atoms with Gasteiger partial charge in [-0.2, -0.15) is 4.31 Å². The maximum absolute atomic E-state index is 12.9. The van der Waals surface area contributed by atoms with Crippen LogP contribution in [-0.4, -0.2) is 41.6 Å². The highest BCUT2D eigenvalue weighted by atomic mass is 32.2. The molecule has 0 spiro atoms. The fourth-order valence-corrected chi connectivity index (χ4v) is 5.07. The largest absolute Gasteiger partial charge is 0.492 e. The summed E-state index contributed by atoms with van der Waals surface area (Å²) < 4.78 is 33.0. The summed E-state index contributed by atoms with van der Waals surface area (Å²) in [6.45, 7) is 0.629. The topological polar surface area (TPSA) is 84.4 Å². The molecule has 4 rings (SSSR count). The molecule has 8 heteroatoms. The van der Waals surface area contributed by atoms with Crippen molar-refractivity contribution < 1.29 is 13.2 Å². The van der Waals surface area contributed by atoms with Gasteiger partial charge in [0.05, 0.1) is 29.4 Å². The van der Waals surface area contributed by atoms with E-state index in [0.29, 0.717) is 12.3 Å². The van der Waals surface area contributed by atoms with E-state index < -0.39 is 10.0 Å². The number of ether oxygens (including phenoxy) is 1. The first-order valence-electron chi connectivity index (χ1n) is 9.93. The number of sulfonamides is 1. The lowest BCUT2D eigenvalue weighted by Gasteiger charge is -2.24. The molecule has 0 unspecified atom stereocenters. The molecular formula is C22H24N4O3S. The quantitative estimate of drug-likeness (QED) is 0.593. The van der Waals surface area contributed by atoms with Gasteiger partial charge < -0.3 is 10.1 Å². The van der Waals surface area contributed by atoms with Gasteiger partial charge in [-0.05, 0) is 49.2 Å². The fourth-order valence-electron chi connectivity index (χ4n) is 3.53. The predicted molar refractivity (Wildman–Crippen MR) is 116 cm³/mol. The predicted octanol–water partition coefficient (Wildman–Crippen LogP) is 3.77. The summed E-state index contributed by atoms with van der Waals surface area (Å²) in [5.74, 6) is 1.34. The Morgan fingerprint density at radius 2 is 1.87 bits per heavy atom. The lowest BCUT2D eigenvalue weighted by molar-refractivity contribution is 0.331. The van der Waals surface area contributed by atoms with Crippen LogP contribution in [0.3, 0.4) is 0 Å². The van der Waals surface area contributed by atoms with Crippen LogP contribution in [0, 0.1) is 0 Å². The third kappa shape index (κ3) is 4.95. The Bertz CT molecular complexity index is 1040. The van der Waals surface area contributed by atoms with Gasteiger partial charge in [0.2, 0.25) is 10.0 Å². The van der Waals surface area contributed by atoms with E-state index in [-0.39, 0.29) is 18.4 Å². The monoisotopic (exact) mass is 424 g/mol. The van der Waals surface area contributed by atoms with Crippen molar-refractivity contribution in [2.75, 3.05) is 24.2 Å². The Morgan fingerprint density at radius 1 is 1.03 bits per heavy atom. The van der Waals surface area contributed by atoms with Crippen LogP contribution in [0.5, 0.6) is 5.75 Å². The highest BCUT2D eigenvalue weighted by Gasteiger charge is 2.35. The third-order valence-corrected chi connectivity index (χ3v) is 6.81. The maximum Gasteiger partial charge on any atom is 0.218 e. The van der Waals surface area contributed by atoms with Crippen LogP contribution in [0.1, 0.15) is 24.6 Å². The van der Waals surface area contributed by atoms with Crippen LogP contribution in [-0.2, 0) is 10.0 Å². The third-order valence-electron chi connectivity index (χ3n) is 4.98. The van der Waals surface area contributed by atoms with Gasteiger partial charge in [0.15, 0.2) is 0 Å². The Labute approximate surface area is 176 Å². The molecule has 3 aromatic rings. The molecule has 1 fully saturated rings. The molecule has 0 radical (unpaired) electrons. The second-order valence-corrected chi connectivity index (χ2v) is 9.10. The van der Waals surface area contributed by atoms with Crippen molar-refractivity contribution in [1.82, 2.24) is 14.3 Å². The lowest BCUT2D eigenvalue weighted by Crippen LogP contribution is -2.34. The van der Waals surface area contributed by atoms with Crippen LogP contribution in [0.2, 0.25) is 0 Å². The van der Waals surface area contributed by atoms with Gasteiger partial charge in [0, 0.05) is 12.7 Å². The molecule has 3 heterocycles. The van der Waals surface area contributed by atoms with Crippen LogP contribution in [0.4, 0.5) is 11.5 Å². The van der Waals surface area contributed by atoms with Crippen LogP contribution in [0.15, 0.2) is 73.1 Å². The summed E-state index contributed by atoms with van der Waals surface area (Å²) in [7, 11) is -3.44. The number of hydrogen-bond acceptors (Lipinski definition) is 6. The molecule has 0 bridgehead atoms. The minimum Gasteiger partial charge on any atom is -0.492 e. The first-order valence-corrected chi connectivity index (χ1v) is 11.5. The van der Waals surface area contributed by atoms with Crippen molar-refractivity contribution in [3.05, 3.63) is 78.8 Å². The maximum atomic E-state index is 12.9. The minimum absolute atomic E-state index is 0.0578. The molecule has 0 aliphatic carbocycles. The van der Waals surface area contributed by atoms with Gasteiger partial charge in [-0.3, -0.25) is 4.98 Å². The summed E-state index contributed by atoms with van der Waals surface area (Å²) >= 11 is 0. The van der Waals surface area contributed by atoms with Crippen molar-refractivity contribution in [3.63, 3.8) is 0 Å². The van der Waals surface area contributed by atoms with E-state index in [0.717, 1.165) is 30.0 Å². The molecule has 1 atom stereocenters. The zero-order chi connectivity index (χ0) is 20.8. The van der Waals surface area contributed by atoms with E-state index in [1.165, 1.54) is 0 Å². The molecule has 2 aromatic heterocycles. The molecule has 1 saturated heterocycles. The van der Waals surface area contributed by atoms with Gasteiger partial charge in [-0.25, -0.2) is 13.4 Å². The molecule has 30 heavy (non-hydrogen) atoms. The highest BCUT2D eigenvalue weighted by Crippen LogP contribution is 2.33. The standard InChI is InChI=1S/C22H24N4O3S/c27-30(28,16-15-29-19-7-2-1-3-8-19)26-14-6-9-21(26)20-12-11-18(17-24-20)25-22-10-4-5-13-23-22/h1-5,7-8,10-13,17,21H,6,9,14-16H2,(H,23,25)/t21-/m1/s1. The summed E-state index contributed by atoms with van der Waals surface area (Å²) in [5.41, 5.74) is 1.56. The van der Waals surface area contributed by atoms with Gasteiger partial charge in [0.1, 0.15) is 18.2 Å². The SMILES string of the molecule is O=S(=O)(CCOc1ccccc1)N1CCC[C@@H]1c1ccc(Nc2ccccn2)cn1. The second-order valence-electron chi connectivity index (χ2n) is 7.06. The summed E-state index contributed by atoms with van der Waals surface area (Å²) in [6.07, 6.45) is 5.01. The first kappa shape index (κ1) is 20.3. The number of hydrogen-bond donors (Lipinski definition) is 1. The normalized spacial score (nSPS) is 17.0. The summed E-state index contributed by atoms with van der Waals surface area (Å²) in [5, 5.41) is 3.18. The molecule has 1 aliphatic heterocycles. The van der Waals surface area contributed by atoms with E-state index in [1.807, 2.05) is 60.7 Å². The number of anilines is 2. The van der Waals surface area contributed by atoms with E-state index in [1.54, 1.807) is 16.7 Å². The lowest BCUT2D eigenvalue weighted by atomic mass is 10.1. The molecular weight excluding hydrogens is 400 g/mol. The van der Waals surface area contributed by atoms with Crippen LogP contribution in [0.25, 0.3) is 0 Å². The van der Waals surface area contributed by atoms with Crippen molar-refractivity contribution in [2.45, 2.75) is 18.9 Å². The first-order chi connectivity index (χ1) is 14.6. The van der Waals surface area contributed by atoms with Gasteiger partial charge >= 0.3 is 0 Å². The zero-order valence-corrected chi connectivity index (χ0v) is 17.3. The number of pyridine rings is 2. The molecule has 7 nitrogen and oxygen atoms in total. The number of para-hydroxylation sites is 1. The van der Waals surface area contributed by atoms with Gasteiger partial charge in [-0.15, -0.1) is 0 Å². The molecule has 0 saturated carbocycles. The van der Waals surface area contributed by atoms with E-state index in [9.17, 15) is 8.42 Å². The van der Waals surface area contributed by atoms with Crippen molar-refractivity contribution in [1.29, 1.82) is 0 Å². The number of rotatable bonds is 8. The van der Waals surface area contributed by atoms with Crippen molar-refractivity contribution in [3.8, 4) is 5.75 Å². The second kappa shape index (κ2) is 9.23. The number of benzene rings is 1. The number of aromatic nitrogens is 2. The fraction of sp³-hybridized carbons (Fsp3) is 0.273. The average Bonchev–Trinajstić information content (AvgIpc) is 3.27. The zero-order valence-electron chi connectivity index (χ0n) is 16.5. The van der Waals surface area contributed by atoms with Crippen molar-refractivity contribution in [2.24, 2.45) is 0 Å². The number of nitrogens with one attached hydrogen (secondary N) is 1. The Balaban J connectivity index is 1.39. The Kier molecular flexibility index (Phi) is 6.25. The Hall–Kier alpha value is -2.97. The summed E-state index contributed by atoms with van der Waals surface area (Å²) in [4.78, 5) is 8.75. The van der Waals surface area contributed by atoms with Gasteiger partial charge in [0.25, 0.3) is 0 Å². The average molecular weight is 425 g/mol. The van der Waals surface area contributed by atoms with Gasteiger partial charge in [-0.1, -0.05) is 24.3 Å². The van der Waals surface area contributed by atoms with E-state index >= 15 is 0 Å². The molecule has 156 valence electrons. The molecule has 0 amide bonds. The molecule has 1 N–H and O–H groups in total. The van der Waals surface area contributed by atoms with E-state index in [2.05, 4.69) is 15.3 Å². The highest BCUT2D eigenvalue weighted by molar-refractivity contribution is 7.89. The molecule has 1 aromatic carbocycles. The summed E-state index contributed by atoms with van der Waals surface area (Å²) in [6, 6.07) is 18.4. The van der Waals surface area contributed by atoms with Crippen LogP contribution < -0.4 is 10.1 Å². The van der Waals surface area contributed by atoms with E-state index in [4.69, 9.17) is 4.74 Å². The Morgan fingerprint density at radius 3 is 2.60 bits per heavy atom. The van der Waals surface area contributed by atoms with Crippen molar-refractivity contribution >= 4 is 21.5 Å². The van der Waals surface area contributed by atoms with Crippen LogP contribution >= 0.6 is 0 Å².